The molecule has 0 unspecified atom stereocenters. The normalized spacial score (nSPS) is 11.2. The van der Waals surface area contributed by atoms with Gasteiger partial charge in [0, 0.05) is 25.9 Å². The third-order valence-corrected chi connectivity index (χ3v) is 2.61. The molecular weight excluding hydrogens is 242 g/mol. The van der Waals surface area contributed by atoms with Crippen LogP contribution < -0.4 is 10.6 Å². The summed E-state index contributed by atoms with van der Waals surface area (Å²) in [4.78, 5) is 16.3. The first-order valence-electron chi connectivity index (χ1n) is 6.61. The van der Waals surface area contributed by atoms with Gasteiger partial charge in [-0.3, -0.25) is 4.79 Å². The Bertz CT molecular complexity index is 419. The fraction of sp³-hybridized carbons (Fsp3) is 0.571. The van der Waals surface area contributed by atoms with Crippen LogP contribution >= 0.6 is 0 Å². The molecule has 0 aromatic carbocycles. The van der Waals surface area contributed by atoms with Crippen LogP contribution in [-0.4, -0.2) is 36.2 Å². The summed E-state index contributed by atoms with van der Waals surface area (Å²) >= 11 is 0. The van der Waals surface area contributed by atoms with Crippen LogP contribution in [0.2, 0.25) is 0 Å². The van der Waals surface area contributed by atoms with Gasteiger partial charge in [-0.25, -0.2) is 4.98 Å². The molecule has 0 radical (unpaired) electrons. The number of hydrogen-bond acceptors (Lipinski definition) is 4. The highest BCUT2D eigenvalue weighted by molar-refractivity contribution is 5.98. The molecule has 19 heavy (non-hydrogen) atoms. The molecule has 0 aliphatic carbocycles. The Morgan fingerprint density at radius 1 is 1.42 bits per heavy atom. The first kappa shape index (κ1) is 15.4. The summed E-state index contributed by atoms with van der Waals surface area (Å²) in [6.45, 7) is 9.61. The van der Waals surface area contributed by atoms with Crippen molar-refractivity contribution >= 4 is 11.7 Å². The van der Waals surface area contributed by atoms with Gasteiger partial charge in [0.2, 0.25) is 0 Å². The number of pyridine rings is 1. The molecule has 5 heteroatoms. The summed E-state index contributed by atoms with van der Waals surface area (Å²) < 4.78 is 5.55. The molecule has 0 aliphatic heterocycles. The lowest BCUT2D eigenvalue weighted by molar-refractivity contribution is -0.00815. The third kappa shape index (κ3) is 4.87. The van der Waals surface area contributed by atoms with E-state index in [2.05, 4.69) is 15.6 Å². The van der Waals surface area contributed by atoms with Gasteiger partial charge >= 0.3 is 0 Å². The Hall–Kier alpha value is -1.62. The number of nitrogens with zero attached hydrogens (tertiary/aromatic N) is 1. The quantitative estimate of drug-likeness (QED) is 0.792. The van der Waals surface area contributed by atoms with Crippen LogP contribution in [-0.2, 0) is 4.74 Å². The van der Waals surface area contributed by atoms with Crippen molar-refractivity contribution in [1.29, 1.82) is 0 Å². The smallest absolute Gasteiger partial charge is 0.255 e. The van der Waals surface area contributed by atoms with Crippen LogP contribution in [0.3, 0.4) is 0 Å². The zero-order chi connectivity index (χ0) is 14.3. The van der Waals surface area contributed by atoms with Crippen molar-refractivity contribution in [2.75, 3.05) is 25.0 Å². The van der Waals surface area contributed by atoms with Crippen molar-refractivity contribution in [1.82, 2.24) is 10.3 Å². The molecule has 5 nitrogen and oxygen atoms in total. The Balaban J connectivity index is 2.68. The molecule has 1 aromatic heterocycles. The van der Waals surface area contributed by atoms with Gasteiger partial charge in [0.15, 0.2) is 0 Å². The molecule has 0 saturated heterocycles. The molecule has 0 spiro atoms. The van der Waals surface area contributed by atoms with Crippen molar-refractivity contribution in [2.24, 2.45) is 0 Å². The molecule has 2 N–H and O–H groups in total. The highest BCUT2D eigenvalue weighted by atomic mass is 16.5. The van der Waals surface area contributed by atoms with Crippen molar-refractivity contribution in [2.45, 2.75) is 33.3 Å². The fourth-order valence-corrected chi connectivity index (χ4v) is 1.73. The number of nitrogens with one attached hydrogen (secondary N) is 2. The number of anilines is 1. The maximum atomic E-state index is 12.1. The van der Waals surface area contributed by atoms with Crippen molar-refractivity contribution in [3.05, 3.63) is 23.9 Å². The number of amides is 1. The van der Waals surface area contributed by atoms with E-state index in [4.69, 9.17) is 4.74 Å². The number of ether oxygens (including phenoxy) is 1. The Kier molecular flexibility index (Phi) is 5.76. The van der Waals surface area contributed by atoms with E-state index in [-0.39, 0.29) is 11.5 Å². The van der Waals surface area contributed by atoms with E-state index in [9.17, 15) is 4.79 Å². The molecule has 0 atom stereocenters. The first-order valence-corrected chi connectivity index (χ1v) is 6.61. The maximum Gasteiger partial charge on any atom is 0.255 e. The molecule has 1 rings (SSSR count). The van der Waals surface area contributed by atoms with Gasteiger partial charge in [0.25, 0.3) is 5.91 Å². The molecule has 1 amide bonds. The van der Waals surface area contributed by atoms with E-state index >= 15 is 0 Å². The molecule has 106 valence electrons. The standard InChI is InChI=1S/C14H23N3O2/c1-5-15-12-11(8-7-9-16-12)13(18)17-10-14(3,4)19-6-2/h7-9H,5-6,10H2,1-4H3,(H,15,16)(H,17,18). The minimum atomic E-state index is -0.370. The first-order chi connectivity index (χ1) is 9.00. The van der Waals surface area contributed by atoms with E-state index in [1.807, 2.05) is 27.7 Å². The van der Waals surface area contributed by atoms with E-state index in [0.29, 0.717) is 24.5 Å². The summed E-state index contributed by atoms with van der Waals surface area (Å²) in [5, 5.41) is 5.96. The average molecular weight is 265 g/mol. The molecular formula is C14H23N3O2. The van der Waals surface area contributed by atoms with Crippen LogP contribution in [0.5, 0.6) is 0 Å². The van der Waals surface area contributed by atoms with E-state index in [1.54, 1.807) is 18.3 Å². The second kappa shape index (κ2) is 7.09. The number of aromatic nitrogens is 1. The lowest BCUT2D eigenvalue weighted by Gasteiger charge is -2.25. The number of carbonyl (C=O) groups is 1. The van der Waals surface area contributed by atoms with Crippen molar-refractivity contribution in [3.63, 3.8) is 0 Å². The molecule has 1 heterocycles. The zero-order valence-corrected chi connectivity index (χ0v) is 12.1. The summed E-state index contributed by atoms with van der Waals surface area (Å²) in [6, 6.07) is 3.51. The van der Waals surface area contributed by atoms with E-state index in [1.165, 1.54) is 0 Å². The SMILES string of the molecule is CCNc1ncccc1C(=O)NCC(C)(C)OCC. The largest absolute Gasteiger partial charge is 0.374 e. The van der Waals surface area contributed by atoms with Crippen LogP contribution in [0.1, 0.15) is 38.1 Å². The topological polar surface area (TPSA) is 63.2 Å². The van der Waals surface area contributed by atoms with E-state index in [0.717, 1.165) is 6.54 Å². The Labute approximate surface area is 114 Å². The van der Waals surface area contributed by atoms with Crippen molar-refractivity contribution in [3.8, 4) is 0 Å². The van der Waals surface area contributed by atoms with Gasteiger partial charge < -0.3 is 15.4 Å². The lowest BCUT2D eigenvalue weighted by atomic mass is 10.1. The van der Waals surface area contributed by atoms with Crippen LogP contribution in [0.15, 0.2) is 18.3 Å². The molecule has 0 fully saturated rings. The van der Waals surface area contributed by atoms with Crippen molar-refractivity contribution < 1.29 is 9.53 Å². The summed E-state index contributed by atoms with van der Waals surface area (Å²) in [6.07, 6.45) is 1.67. The van der Waals surface area contributed by atoms with Gasteiger partial charge in [-0.2, -0.15) is 0 Å². The van der Waals surface area contributed by atoms with Gasteiger partial charge in [-0.1, -0.05) is 0 Å². The molecule has 0 bridgehead atoms. The van der Waals surface area contributed by atoms with Crippen LogP contribution in [0.4, 0.5) is 5.82 Å². The second-order valence-electron chi connectivity index (χ2n) is 4.81. The van der Waals surface area contributed by atoms with Gasteiger partial charge in [0.05, 0.1) is 11.2 Å². The number of carbonyl (C=O) groups excluding carboxylic acids is 1. The van der Waals surface area contributed by atoms with E-state index < -0.39 is 0 Å². The highest BCUT2D eigenvalue weighted by Crippen LogP contribution is 2.12. The third-order valence-electron chi connectivity index (χ3n) is 2.61. The van der Waals surface area contributed by atoms with Gasteiger partial charge in [0.1, 0.15) is 5.82 Å². The van der Waals surface area contributed by atoms with Crippen LogP contribution in [0, 0.1) is 0 Å². The Morgan fingerprint density at radius 2 is 2.16 bits per heavy atom. The predicted octanol–water partition coefficient (Wildman–Crippen LogP) is 2.06. The second-order valence-corrected chi connectivity index (χ2v) is 4.81. The molecule has 0 aliphatic rings. The zero-order valence-electron chi connectivity index (χ0n) is 12.1. The summed E-state index contributed by atoms with van der Waals surface area (Å²) in [5.41, 5.74) is 0.182. The monoisotopic (exact) mass is 265 g/mol. The summed E-state index contributed by atoms with van der Waals surface area (Å²) in [7, 11) is 0. The highest BCUT2D eigenvalue weighted by Gasteiger charge is 2.20. The number of rotatable bonds is 7. The van der Waals surface area contributed by atoms with Gasteiger partial charge in [-0.05, 0) is 39.8 Å². The fourth-order valence-electron chi connectivity index (χ4n) is 1.73. The lowest BCUT2D eigenvalue weighted by Crippen LogP contribution is -2.40. The average Bonchev–Trinajstić information content (AvgIpc) is 2.37. The number of hydrogen-bond donors (Lipinski definition) is 2. The summed E-state index contributed by atoms with van der Waals surface area (Å²) in [5.74, 6) is 0.466. The minimum Gasteiger partial charge on any atom is -0.374 e. The Morgan fingerprint density at radius 3 is 2.79 bits per heavy atom. The van der Waals surface area contributed by atoms with Gasteiger partial charge in [-0.15, -0.1) is 0 Å². The maximum absolute atomic E-state index is 12.1. The minimum absolute atomic E-state index is 0.142. The molecule has 1 aromatic rings. The van der Waals surface area contributed by atoms with Crippen LogP contribution in [0.25, 0.3) is 0 Å². The molecule has 0 saturated carbocycles. The predicted molar refractivity (Wildman–Crippen MR) is 76.4 cm³/mol.